The van der Waals surface area contributed by atoms with Gasteiger partial charge in [0, 0.05) is 12.2 Å². The average molecular weight is 228 g/mol. The van der Waals surface area contributed by atoms with Gasteiger partial charge in [-0.3, -0.25) is 9.48 Å². The van der Waals surface area contributed by atoms with E-state index in [1.54, 1.807) is 16.9 Å². The van der Waals surface area contributed by atoms with Crippen molar-refractivity contribution < 1.29 is 4.79 Å². The SMILES string of the molecule is CC(C)(C(=O)NC1CC1)n1ccc(Cl)n1. The van der Waals surface area contributed by atoms with Crippen LogP contribution in [0.3, 0.4) is 0 Å². The molecular weight excluding hydrogens is 214 g/mol. The van der Waals surface area contributed by atoms with Crippen molar-refractivity contribution in [2.24, 2.45) is 0 Å². The second-order valence-electron chi connectivity index (χ2n) is 4.39. The Hall–Kier alpha value is -1.03. The second-order valence-corrected chi connectivity index (χ2v) is 4.78. The lowest BCUT2D eigenvalue weighted by molar-refractivity contribution is -0.129. The van der Waals surface area contributed by atoms with Crippen LogP contribution in [0.15, 0.2) is 12.3 Å². The number of rotatable bonds is 3. The van der Waals surface area contributed by atoms with Crippen molar-refractivity contribution in [1.82, 2.24) is 15.1 Å². The van der Waals surface area contributed by atoms with Crippen molar-refractivity contribution in [2.75, 3.05) is 0 Å². The molecule has 5 heteroatoms. The summed E-state index contributed by atoms with van der Waals surface area (Å²) in [7, 11) is 0. The highest BCUT2D eigenvalue weighted by molar-refractivity contribution is 6.29. The lowest BCUT2D eigenvalue weighted by Gasteiger charge is -2.24. The van der Waals surface area contributed by atoms with E-state index in [4.69, 9.17) is 11.6 Å². The Morgan fingerprint density at radius 1 is 1.67 bits per heavy atom. The zero-order valence-corrected chi connectivity index (χ0v) is 9.58. The summed E-state index contributed by atoms with van der Waals surface area (Å²) >= 11 is 5.73. The molecule has 82 valence electrons. The van der Waals surface area contributed by atoms with Crippen molar-refractivity contribution in [1.29, 1.82) is 0 Å². The number of amides is 1. The molecule has 0 spiro atoms. The smallest absolute Gasteiger partial charge is 0.247 e. The van der Waals surface area contributed by atoms with Crippen LogP contribution in [0.1, 0.15) is 26.7 Å². The molecule has 0 aliphatic heterocycles. The van der Waals surface area contributed by atoms with E-state index in [0.29, 0.717) is 11.2 Å². The summed E-state index contributed by atoms with van der Waals surface area (Å²) in [6.45, 7) is 3.65. The lowest BCUT2D eigenvalue weighted by Crippen LogP contribution is -2.45. The molecule has 0 aromatic carbocycles. The molecule has 0 radical (unpaired) electrons. The van der Waals surface area contributed by atoms with Gasteiger partial charge < -0.3 is 5.32 Å². The zero-order valence-electron chi connectivity index (χ0n) is 8.83. The van der Waals surface area contributed by atoms with Crippen molar-refractivity contribution >= 4 is 17.5 Å². The van der Waals surface area contributed by atoms with Gasteiger partial charge in [0.25, 0.3) is 0 Å². The van der Waals surface area contributed by atoms with E-state index in [0.717, 1.165) is 12.8 Å². The van der Waals surface area contributed by atoms with Gasteiger partial charge in [-0.05, 0) is 32.8 Å². The summed E-state index contributed by atoms with van der Waals surface area (Å²) in [5.74, 6) is -0.00948. The van der Waals surface area contributed by atoms with E-state index in [2.05, 4.69) is 10.4 Å². The topological polar surface area (TPSA) is 46.9 Å². The van der Waals surface area contributed by atoms with Crippen LogP contribution >= 0.6 is 11.6 Å². The highest BCUT2D eigenvalue weighted by Gasteiger charge is 2.34. The summed E-state index contributed by atoms with van der Waals surface area (Å²) in [5, 5.41) is 7.42. The van der Waals surface area contributed by atoms with Crippen molar-refractivity contribution in [2.45, 2.75) is 38.3 Å². The molecule has 1 heterocycles. The molecule has 1 amide bonds. The Balaban J connectivity index is 2.13. The third-order valence-electron chi connectivity index (χ3n) is 2.60. The standard InChI is InChI=1S/C10H14ClN3O/c1-10(2,9(15)12-7-3-4-7)14-6-5-8(11)13-14/h5-7H,3-4H2,1-2H3,(H,12,15). The molecule has 4 nitrogen and oxygen atoms in total. The normalized spacial score (nSPS) is 16.5. The molecule has 15 heavy (non-hydrogen) atoms. The molecule has 1 aliphatic rings. The van der Waals surface area contributed by atoms with Gasteiger partial charge in [0.15, 0.2) is 5.15 Å². The van der Waals surface area contributed by atoms with Crippen LogP contribution in [0.4, 0.5) is 0 Å². The van der Waals surface area contributed by atoms with Crippen molar-refractivity contribution in [3.63, 3.8) is 0 Å². The largest absolute Gasteiger partial charge is 0.351 e. The fourth-order valence-electron chi connectivity index (χ4n) is 1.31. The molecule has 1 N–H and O–H groups in total. The minimum atomic E-state index is -0.685. The van der Waals surface area contributed by atoms with Gasteiger partial charge in [-0.15, -0.1) is 0 Å². The number of hydrogen-bond acceptors (Lipinski definition) is 2. The zero-order chi connectivity index (χ0) is 11.1. The highest BCUT2D eigenvalue weighted by atomic mass is 35.5. The Kier molecular flexibility index (Phi) is 2.46. The molecule has 0 bridgehead atoms. The summed E-state index contributed by atoms with van der Waals surface area (Å²) in [6, 6.07) is 2.04. The molecular formula is C10H14ClN3O. The Morgan fingerprint density at radius 2 is 2.33 bits per heavy atom. The summed E-state index contributed by atoms with van der Waals surface area (Å²) < 4.78 is 1.59. The predicted octanol–water partition coefficient (Wildman–Crippen LogP) is 1.55. The van der Waals surface area contributed by atoms with Crippen LogP contribution in [-0.4, -0.2) is 21.7 Å². The maximum atomic E-state index is 11.9. The van der Waals surface area contributed by atoms with E-state index >= 15 is 0 Å². The first-order valence-electron chi connectivity index (χ1n) is 5.03. The molecule has 1 aliphatic carbocycles. The molecule has 0 saturated heterocycles. The minimum Gasteiger partial charge on any atom is -0.351 e. The van der Waals surface area contributed by atoms with E-state index in [1.165, 1.54) is 0 Å². The maximum absolute atomic E-state index is 11.9. The van der Waals surface area contributed by atoms with E-state index in [9.17, 15) is 4.79 Å². The lowest BCUT2D eigenvalue weighted by atomic mass is 10.1. The van der Waals surface area contributed by atoms with Crippen LogP contribution in [0, 0.1) is 0 Å². The monoisotopic (exact) mass is 227 g/mol. The fraction of sp³-hybridized carbons (Fsp3) is 0.600. The Labute approximate surface area is 93.6 Å². The Morgan fingerprint density at radius 3 is 2.80 bits per heavy atom. The third-order valence-corrected chi connectivity index (χ3v) is 2.80. The number of nitrogens with zero attached hydrogens (tertiary/aromatic N) is 2. The quantitative estimate of drug-likeness (QED) is 0.852. The van der Waals surface area contributed by atoms with Gasteiger partial charge in [-0.25, -0.2) is 0 Å². The van der Waals surface area contributed by atoms with Crippen LogP contribution in [-0.2, 0) is 10.3 Å². The number of carbonyl (C=O) groups excluding carboxylic acids is 1. The first-order chi connectivity index (χ1) is 7.00. The van der Waals surface area contributed by atoms with Crippen molar-refractivity contribution in [3.05, 3.63) is 17.4 Å². The number of nitrogens with one attached hydrogen (secondary N) is 1. The average Bonchev–Trinajstić information content (AvgIpc) is 2.86. The van der Waals surface area contributed by atoms with Gasteiger partial charge in [0.05, 0.1) is 0 Å². The van der Waals surface area contributed by atoms with Crippen LogP contribution in [0.25, 0.3) is 0 Å². The maximum Gasteiger partial charge on any atom is 0.247 e. The first kappa shape index (κ1) is 10.5. The van der Waals surface area contributed by atoms with Crippen LogP contribution in [0.5, 0.6) is 0 Å². The Bertz CT molecular complexity index is 382. The van der Waals surface area contributed by atoms with Gasteiger partial charge in [-0.2, -0.15) is 5.10 Å². The first-order valence-corrected chi connectivity index (χ1v) is 5.40. The number of carbonyl (C=O) groups is 1. The number of halogens is 1. The van der Waals surface area contributed by atoms with Gasteiger partial charge in [0.1, 0.15) is 5.54 Å². The molecule has 1 aromatic rings. The molecule has 2 rings (SSSR count). The van der Waals surface area contributed by atoms with E-state index in [1.807, 2.05) is 13.8 Å². The van der Waals surface area contributed by atoms with Gasteiger partial charge in [0.2, 0.25) is 5.91 Å². The summed E-state index contributed by atoms with van der Waals surface area (Å²) in [6.07, 6.45) is 3.89. The van der Waals surface area contributed by atoms with Gasteiger partial charge in [-0.1, -0.05) is 11.6 Å². The summed E-state index contributed by atoms with van der Waals surface area (Å²) in [5.41, 5.74) is -0.685. The van der Waals surface area contributed by atoms with Crippen molar-refractivity contribution in [3.8, 4) is 0 Å². The predicted molar refractivity (Wildman–Crippen MR) is 57.7 cm³/mol. The van der Waals surface area contributed by atoms with Gasteiger partial charge >= 0.3 is 0 Å². The number of aromatic nitrogens is 2. The second kappa shape index (κ2) is 3.52. The fourth-order valence-corrected chi connectivity index (χ4v) is 1.44. The summed E-state index contributed by atoms with van der Waals surface area (Å²) in [4.78, 5) is 11.9. The molecule has 1 aromatic heterocycles. The van der Waals surface area contributed by atoms with Crippen LogP contribution in [0.2, 0.25) is 5.15 Å². The molecule has 1 fully saturated rings. The molecule has 0 atom stereocenters. The number of hydrogen-bond donors (Lipinski definition) is 1. The van der Waals surface area contributed by atoms with E-state index < -0.39 is 5.54 Å². The van der Waals surface area contributed by atoms with E-state index in [-0.39, 0.29) is 5.91 Å². The molecule has 0 unspecified atom stereocenters. The van der Waals surface area contributed by atoms with Crippen LogP contribution < -0.4 is 5.32 Å². The highest BCUT2D eigenvalue weighted by Crippen LogP contribution is 2.22. The molecule has 1 saturated carbocycles. The third kappa shape index (κ3) is 2.15. The minimum absolute atomic E-state index is 0.00948.